The Bertz CT molecular complexity index is 988. The molecule has 130 valence electrons. The molecule has 0 spiro atoms. The van der Waals surface area contributed by atoms with Crippen LogP contribution in [0.25, 0.3) is 11.4 Å². The lowest BCUT2D eigenvalue weighted by molar-refractivity contribution is 0.0922. The first-order valence-corrected chi connectivity index (χ1v) is 8.32. The van der Waals surface area contributed by atoms with Crippen molar-refractivity contribution >= 4 is 5.91 Å². The van der Waals surface area contributed by atoms with E-state index < -0.39 is 0 Å². The first kappa shape index (κ1) is 16.1. The second kappa shape index (κ2) is 6.83. The van der Waals surface area contributed by atoms with Gasteiger partial charge in [0.2, 0.25) is 0 Å². The predicted molar refractivity (Wildman–Crippen MR) is 93.2 cm³/mol. The summed E-state index contributed by atoms with van der Waals surface area (Å²) in [6.45, 7) is 0.585. The average molecular weight is 348 g/mol. The van der Waals surface area contributed by atoms with E-state index in [1.807, 2.05) is 0 Å². The summed E-state index contributed by atoms with van der Waals surface area (Å²) < 4.78 is 1.61. The van der Waals surface area contributed by atoms with Gasteiger partial charge in [-0.2, -0.15) is 0 Å². The minimum absolute atomic E-state index is 0.152. The van der Waals surface area contributed by atoms with Crippen LogP contribution in [0.5, 0.6) is 0 Å². The highest BCUT2D eigenvalue weighted by Crippen LogP contribution is 2.24. The summed E-state index contributed by atoms with van der Waals surface area (Å²) in [5, 5.41) is 2.94. The zero-order valence-electron chi connectivity index (χ0n) is 13.9. The van der Waals surface area contributed by atoms with E-state index in [1.165, 1.54) is 12.4 Å². The standard InChI is InChI=1S/C18H16N6O2/c25-16-10-15(12-6-8-19-11-21-12)22-17-13(5-3-9-24(16)17)23-18(26)14-4-1-2-7-20-14/h1-2,4,6-8,10-11,13H,3,5,9H2,(H,23,26). The molecule has 0 aliphatic carbocycles. The fraction of sp³-hybridized carbons (Fsp3) is 0.222. The van der Waals surface area contributed by atoms with Crippen LogP contribution in [0.2, 0.25) is 0 Å². The number of hydrogen-bond acceptors (Lipinski definition) is 6. The average Bonchev–Trinajstić information content (AvgIpc) is 2.70. The fourth-order valence-electron chi connectivity index (χ4n) is 3.04. The molecule has 4 rings (SSSR count). The van der Waals surface area contributed by atoms with Crippen molar-refractivity contribution in [3.05, 3.63) is 70.9 Å². The number of hydrogen-bond donors (Lipinski definition) is 1. The molecule has 1 unspecified atom stereocenters. The summed E-state index contributed by atoms with van der Waals surface area (Å²) in [4.78, 5) is 41.7. The van der Waals surface area contributed by atoms with Gasteiger partial charge in [0, 0.05) is 25.0 Å². The van der Waals surface area contributed by atoms with Crippen LogP contribution in [0.15, 0.2) is 53.8 Å². The third-order valence-electron chi connectivity index (χ3n) is 4.27. The van der Waals surface area contributed by atoms with E-state index in [0.717, 1.165) is 6.42 Å². The molecule has 1 N–H and O–H groups in total. The molecule has 8 heteroatoms. The van der Waals surface area contributed by atoms with Crippen molar-refractivity contribution in [3.63, 3.8) is 0 Å². The summed E-state index contributed by atoms with van der Waals surface area (Å²) in [7, 11) is 0. The molecule has 3 aromatic heterocycles. The maximum absolute atomic E-state index is 12.5. The van der Waals surface area contributed by atoms with Crippen LogP contribution in [-0.4, -0.2) is 30.4 Å². The number of carbonyl (C=O) groups excluding carboxylic acids is 1. The van der Waals surface area contributed by atoms with E-state index in [-0.39, 0.29) is 17.5 Å². The number of rotatable bonds is 3. The van der Waals surface area contributed by atoms with Gasteiger partial charge in [-0.1, -0.05) is 6.07 Å². The minimum atomic E-state index is -0.354. The first-order chi connectivity index (χ1) is 12.7. The van der Waals surface area contributed by atoms with Crippen LogP contribution in [0.1, 0.15) is 35.2 Å². The Balaban J connectivity index is 1.70. The maximum Gasteiger partial charge on any atom is 0.270 e. The lowest BCUT2D eigenvalue weighted by atomic mass is 10.1. The monoisotopic (exact) mass is 348 g/mol. The Hall–Kier alpha value is -3.42. The molecule has 1 aliphatic heterocycles. The smallest absolute Gasteiger partial charge is 0.270 e. The van der Waals surface area contributed by atoms with E-state index in [4.69, 9.17) is 0 Å². The Labute approximate surface area is 149 Å². The van der Waals surface area contributed by atoms with Gasteiger partial charge in [-0.3, -0.25) is 19.1 Å². The van der Waals surface area contributed by atoms with Crippen molar-refractivity contribution in [2.75, 3.05) is 0 Å². The molecule has 0 bridgehead atoms. The maximum atomic E-state index is 12.5. The van der Waals surface area contributed by atoms with Crippen LogP contribution >= 0.6 is 0 Å². The topological polar surface area (TPSA) is 103 Å². The summed E-state index contributed by atoms with van der Waals surface area (Å²) in [6.07, 6.45) is 6.07. The number of nitrogens with one attached hydrogen (secondary N) is 1. The lowest BCUT2D eigenvalue weighted by Crippen LogP contribution is -2.38. The molecule has 4 heterocycles. The quantitative estimate of drug-likeness (QED) is 0.767. The molecule has 3 aromatic rings. The van der Waals surface area contributed by atoms with Gasteiger partial charge in [0.05, 0.1) is 17.4 Å². The van der Waals surface area contributed by atoms with Gasteiger partial charge >= 0.3 is 0 Å². The molecule has 0 radical (unpaired) electrons. The summed E-state index contributed by atoms with van der Waals surface area (Å²) in [5.41, 5.74) is 1.22. The Morgan fingerprint density at radius 1 is 1.15 bits per heavy atom. The molecule has 0 saturated heterocycles. The molecule has 0 saturated carbocycles. The van der Waals surface area contributed by atoms with Gasteiger partial charge in [-0.05, 0) is 31.0 Å². The van der Waals surface area contributed by atoms with Gasteiger partial charge in [0.25, 0.3) is 11.5 Å². The predicted octanol–water partition coefficient (Wildman–Crippen LogP) is 1.36. The first-order valence-electron chi connectivity index (χ1n) is 8.32. The molecule has 8 nitrogen and oxygen atoms in total. The fourth-order valence-corrected chi connectivity index (χ4v) is 3.04. The van der Waals surface area contributed by atoms with Crippen molar-refractivity contribution in [3.8, 4) is 11.4 Å². The van der Waals surface area contributed by atoms with Crippen molar-refractivity contribution in [1.29, 1.82) is 0 Å². The Morgan fingerprint density at radius 3 is 2.85 bits per heavy atom. The van der Waals surface area contributed by atoms with Crippen molar-refractivity contribution < 1.29 is 4.79 Å². The lowest BCUT2D eigenvalue weighted by Gasteiger charge is -2.26. The van der Waals surface area contributed by atoms with Crippen molar-refractivity contribution in [1.82, 2.24) is 29.8 Å². The van der Waals surface area contributed by atoms with Gasteiger partial charge in [0.15, 0.2) is 0 Å². The van der Waals surface area contributed by atoms with Crippen LogP contribution < -0.4 is 10.9 Å². The van der Waals surface area contributed by atoms with Gasteiger partial charge in [-0.15, -0.1) is 0 Å². The Morgan fingerprint density at radius 2 is 2.08 bits per heavy atom. The van der Waals surface area contributed by atoms with Crippen molar-refractivity contribution in [2.24, 2.45) is 0 Å². The molecule has 1 atom stereocenters. The number of amides is 1. The van der Waals surface area contributed by atoms with Gasteiger partial charge in [-0.25, -0.2) is 15.0 Å². The molecular formula is C18H16N6O2. The number of carbonyl (C=O) groups is 1. The molecule has 0 aromatic carbocycles. The number of nitrogens with zero attached hydrogens (tertiary/aromatic N) is 5. The molecule has 1 aliphatic rings. The number of aromatic nitrogens is 5. The second-order valence-electron chi connectivity index (χ2n) is 5.97. The van der Waals surface area contributed by atoms with E-state index in [0.29, 0.717) is 35.9 Å². The van der Waals surface area contributed by atoms with Crippen LogP contribution in [0.3, 0.4) is 0 Å². The van der Waals surface area contributed by atoms with Crippen LogP contribution in [0.4, 0.5) is 0 Å². The van der Waals surface area contributed by atoms with Crippen LogP contribution in [-0.2, 0) is 6.54 Å². The van der Waals surface area contributed by atoms with Gasteiger partial charge in [0.1, 0.15) is 17.8 Å². The summed E-state index contributed by atoms with van der Waals surface area (Å²) >= 11 is 0. The molecule has 1 amide bonds. The summed E-state index contributed by atoms with van der Waals surface area (Å²) in [5.74, 6) is 0.257. The molecule has 0 fully saturated rings. The molecular weight excluding hydrogens is 332 g/mol. The SMILES string of the molecule is O=C(NC1CCCn2c1nc(-c1ccncn1)cc2=O)c1ccccn1. The Kier molecular flexibility index (Phi) is 4.22. The van der Waals surface area contributed by atoms with Crippen LogP contribution in [0, 0.1) is 0 Å². The van der Waals surface area contributed by atoms with E-state index in [2.05, 4.69) is 25.3 Å². The van der Waals surface area contributed by atoms with E-state index in [1.54, 1.807) is 41.2 Å². The number of pyridine rings is 1. The highest BCUT2D eigenvalue weighted by atomic mass is 16.2. The number of fused-ring (bicyclic) bond motifs is 1. The second-order valence-corrected chi connectivity index (χ2v) is 5.97. The minimum Gasteiger partial charge on any atom is -0.341 e. The van der Waals surface area contributed by atoms with E-state index >= 15 is 0 Å². The largest absolute Gasteiger partial charge is 0.341 e. The van der Waals surface area contributed by atoms with Gasteiger partial charge < -0.3 is 5.32 Å². The summed E-state index contributed by atoms with van der Waals surface area (Å²) in [6, 6.07) is 7.97. The third-order valence-corrected chi connectivity index (χ3v) is 4.27. The molecule has 26 heavy (non-hydrogen) atoms. The van der Waals surface area contributed by atoms with E-state index in [9.17, 15) is 9.59 Å². The zero-order chi connectivity index (χ0) is 17.9. The highest BCUT2D eigenvalue weighted by Gasteiger charge is 2.26. The highest BCUT2D eigenvalue weighted by molar-refractivity contribution is 5.92. The van der Waals surface area contributed by atoms with Crippen molar-refractivity contribution in [2.45, 2.75) is 25.4 Å². The zero-order valence-corrected chi connectivity index (χ0v) is 13.9. The third kappa shape index (κ3) is 3.08. The normalized spacial score (nSPS) is 15.9.